The Kier molecular flexibility index (Phi) is 9.19. The Hall–Kier alpha value is -4.88. The second kappa shape index (κ2) is 13.5. The van der Waals surface area contributed by atoms with E-state index in [9.17, 15) is 18.8 Å². The van der Waals surface area contributed by atoms with Crippen LogP contribution in [-0.2, 0) is 29.1 Å². The largest absolute Gasteiger partial charge is 0.481 e. The average molecular weight is 659 g/mol. The Morgan fingerprint density at radius 1 is 1.09 bits per heavy atom. The fourth-order valence-electron chi connectivity index (χ4n) is 5.64. The maximum Gasteiger partial charge on any atom is 0.302 e. The summed E-state index contributed by atoms with van der Waals surface area (Å²) in [5.41, 5.74) is 1.58. The highest BCUT2D eigenvalue weighted by atomic mass is 32.1. The molecule has 2 aromatic carbocycles. The summed E-state index contributed by atoms with van der Waals surface area (Å²) in [6.07, 6.45) is 5.05. The molecule has 0 aliphatic carbocycles. The summed E-state index contributed by atoms with van der Waals surface area (Å²) in [6, 6.07) is 13.6. The zero-order valence-corrected chi connectivity index (χ0v) is 27.4. The van der Waals surface area contributed by atoms with Crippen LogP contribution in [0.4, 0.5) is 4.39 Å². The lowest BCUT2D eigenvalue weighted by Gasteiger charge is -2.35. The van der Waals surface area contributed by atoms with Crippen LogP contribution < -0.4 is 10.3 Å². The maximum atomic E-state index is 14.1. The first kappa shape index (κ1) is 32.1. The van der Waals surface area contributed by atoms with Crippen molar-refractivity contribution in [1.29, 1.82) is 0 Å². The van der Waals surface area contributed by atoms with Crippen molar-refractivity contribution >= 4 is 28.9 Å². The standard InChI is InChI=1S/C34H35FN6O5S/c1-21-17-40(18-22(2)46-21)28(42)19-39-12-13-41-33(44)30(45-20-23-8-6-5-7-9-23)29(37-34(39)41)31-36-16-26(47-31)14-24-10-11-25(35)15-27(24)32(43)38(3)4/h5-13,15-16,21-22H,14,17-20H2,1-4H3/t21-,22-/m0/s1. The second-order valence-corrected chi connectivity index (χ2v) is 12.9. The molecule has 1 saturated heterocycles. The number of aromatic nitrogens is 4. The number of benzene rings is 2. The highest BCUT2D eigenvalue weighted by molar-refractivity contribution is 7.15. The molecule has 47 heavy (non-hydrogen) atoms. The van der Waals surface area contributed by atoms with Crippen LogP contribution >= 0.6 is 11.3 Å². The number of halogens is 1. The number of hydrogen-bond acceptors (Lipinski definition) is 8. The lowest BCUT2D eigenvalue weighted by Crippen LogP contribution is -2.49. The van der Waals surface area contributed by atoms with Gasteiger partial charge in [-0.05, 0) is 37.1 Å². The van der Waals surface area contributed by atoms with Crippen LogP contribution in [0.3, 0.4) is 0 Å². The molecular formula is C34H35FN6O5S. The van der Waals surface area contributed by atoms with E-state index in [2.05, 4.69) is 4.98 Å². The predicted octanol–water partition coefficient (Wildman–Crippen LogP) is 4.27. The Labute approximate surface area is 274 Å². The van der Waals surface area contributed by atoms with E-state index in [0.29, 0.717) is 30.1 Å². The van der Waals surface area contributed by atoms with Gasteiger partial charge in [0.1, 0.15) is 24.0 Å². The van der Waals surface area contributed by atoms with E-state index in [-0.39, 0.29) is 60.0 Å². The fourth-order valence-corrected chi connectivity index (χ4v) is 6.56. The number of imidazole rings is 1. The molecular weight excluding hydrogens is 623 g/mol. The smallest absolute Gasteiger partial charge is 0.302 e. The van der Waals surface area contributed by atoms with Crippen molar-refractivity contribution in [3.8, 4) is 16.5 Å². The minimum atomic E-state index is -0.499. The van der Waals surface area contributed by atoms with Crippen molar-refractivity contribution in [3.05, 3.63) is 105 Å². The summed E-state index contributed by atoms with van der Waals surface area (Å²) in [6.45, 7) is 4.96. The minimum Gasteiger partial charge on any atom is -0.481 e. The molecule has 13 heteroatoms. The van der Waals surface area contributed by atoms with Crippen LogP contribution in [0, 0.1) is 5.82 Å². The van der Waals surface area contributed by atoms with Gasteiger partial charge in [0.15, 0.2) is 5.69 Å². The lowest BCUT2D eigenvalue weighted by molar-refractivity contribution is -0.143. The molecule has 0 bridgehead atoms. The molecule has 0 radical (unpaired) electrons. The number of nitrogens with zero attached hydrogens (tertiary/aromatic N) is 6. The van der Waals surface area contributed by atoms with Gasteiger partial charge in [0.05, 0.1) is 12.2 Å². The van der Waals surface area contributed by atoms with Crippen molar-refractivity contribution < 1.29 is 23.5 Å². The molecule has 5 aromatic rings. The lowest BCUT2D eigenvalue weighted by atomic mass is 10.0. The number of fused-ring (bicyclic) bond motifs is 1. The normalized spacial score (nSPS) is 16.4. The van der Waals surface area contributed by atoms with Gasteiger partial charge in [0.25, 0.3) is 5.91 Å². The predicted molar refractivity (Wildman–Crippen MR) is 175 cm³/mol. The molecule has 0 unspecified atom stereocenters. The maximum absolute atomic E-state index is 14.1. The molecule has 2 atom stereocenters. The fraction of sp³-hybridized carbons (Fsp3) is 0.324. The summed E-state index contributed by atoms with van der Waals surface area (Å²) >= 11 is 1.29. The van der Waals surface area contributed by atoms with E-state index in [4.69, 9.17) is 14.5 Å². The third-order valence-electron chi connectivity index (χ3n) is 7.84. The zero-order valence-electron chi connectivity index (χ0n) is 26.6. The molecule has 1 aliphatic rings. The van der Waals surface area contributed by atoms with E-state index >= 15 is 0 Å². The number of amides is 2. The number of hydrogen-bond donors (Lipinski definition) is 0. The van der Waals surface area contributed by atoms with E-state index in [1.807, 2.05) is 44.2 Å². The van der Waals surface area contributed by atoms with E-state index in [1.165, 1.54) is 32.8 Å². The van der Waals surface area contributed by atoms with Gasteiger partial charge in [0.2, 0.25) is 17.4 Å². The van der Waals surface area contributed by atoms with Gasteiger partial charge in [-0.2, -0.15) is 0 Å². The number of morpholine rings is 1. The van der Waals surface area contributed by atoms with Gasteiger partial charge < -0.3 is 23.8 Å². The molecule has 0 N–H and O–H groups in total. The number of carbonyl (C=O) groups excluding carboxylic acids is 2. The molecule has 1 aliphatic heterocycles. The monoisotopic (exact) mass is 658 g/mol. The molecule has 0 saturated carbocycles. The van der Waals surface area contributed by atoms with E-state index < -0.39 is 11.4 Å². The number of rotatable bonds is 9. The van der Waals surface area contributed by atoms with Crippen LogP contribution in [0.15, 0.2) is 71.9 Å². The Morgan fingerprint density at radius 2 is 1.83 bits per heavy atom. The van der Waals surface area contributed by atoms with E-state index in [1.54, 1.807) is 48.2 Å². The first-order valence-electron chi connectivity index (χ1n) is 15.2. The van der Waals surface area contributed by atoms with Crippen LogP contribution in [0.25, 0.3) is 16.5 Å². The Balaban J connectivity index is 1.37. The topological polar surface area (TPSA) is 111 Å². The molecule has 1 fully saturated rings. The average Bonchev–Trinajstić information content (AvgIpc) is 3.68. The quantitative estimate of drug-likeness (QED) is 0.233. The van der Waals surface area contributed by atoms with Crippen molar-refractivity contribution in [2.24, 2.45) is 0 Å². The highest BCUT2D eigenvalue weighted by Gasteiger charge is 2.27. The molecule has 244 valence electrons. The zero-order chi connectivity index (χ0) is 33.2. The van der Waals surface area contributed by atoms with Gasteiger partial charge in [-0.15, -0.1) is 11.3 Å². The third kappa shape index (κ3) is 6.96. The highest BCUT2D eigenvalue weighted by Crippen LogP contribution is 2.32. The first-order chi connectivity index (χ1) is 22.6. The summed E-state index contributed by atoms with van der Waals surface area (Å²) in [5.74, 6) is -0.617. The summed E-state index contributed by atoms with van der Waals surface area (Å²) in [7, 11) is 3.23. The molecule has 6 rings (SSSR count). The number of thiazole rings is 1. The van der Waals surface area contributed by atoms with Crippen LogP contribution in [-0.4, -0.2) is 79.9 Å². The summed E-state index contributed by atoms with van der Waals surface area (Å²) in [4.78, 5) is 53.4. The van der Waals surface area contributed by atoms with Crippen molar-refractivity contribution in [2.75, 3.05) is 27.2 Å². The molecule has 11 nitrogen and oxygen atoms in total. The molecule has 4 heterocycles. The Morgan fingerprint density at radius 3 is 2.55 bits per heavy atom. The van der Waals surface area contributed by atoms with Crippen molar-refractivity contribution in [3.63, 3.8) is 0 Å². The van der Waals surface area contributed by atoms with Gasteiger partial charge >= 0.3 is 5.56 Å². The van der Waals surface area contributed by atoms with Crippen LogP contribution in [0.2, 0.25) is 0 Å². The van der Waals surface area contributed by atoms with Crippen molar-refractivity contribution in [2.45, 2.75) is 45.6 Å². The number of ether oxygens (including phenoxy) is 2. The minimum absolute atomic E-state index is 0.0115. The first-order valence-corrected chi connectivity index (χ1v) is 16.1. The molecule has 3 aromatic heterocycles. The van der Waals surface area contributed by atoms with Crippen LogP contribution in [0.5, 0.6) is 5.75 Å². The SMILES string of the molecule is C[C@H]1CN(C(=O)Cn2ccn3c(=O)c(OCc4ccccc4)c(-c4ncc(Cc5ccc(F)cc5C(=O)N(C)C)s4)nc23)C[C@H](C)O1. The van der Waals surface area contributed by atoms with Crippen molar-refractivity contribution in [1.82, 2.24) is 28.7 Å². The Bertz CT molecular complexity index is 1980. The van der Waals surface area contributed by atoms with Gasteiger partial charge in [0, 0.05) is 62.6 Å². The third-order valence-corrected chi connectivity index (χ3v) is 8.85. The van der Waals surface area contributed by atoms with E-state index in [0.717, 1.165) is 10.4 Å². The number of carbonyl (C=O) groups is 2. The summed E-state index contributed by atoms with van der Waals surface area (Å²) < 4.78 is 29.0. The van der Waals surface area contributed by atoms with Gasteiger partial charge in [-0.25, -0.2) is 18.8 Å². The second-order valence-electron chi connectivity index (χ2n) is 11.8. The van der Waals surface area contributed by atoms with Gasteiger partial charge in [-0.1, -0.05) is 36.4 Å². The molecule has 2 amide bonds. The van der Waals surface area contributed by atoms with Crippen LogP contribution in [0.1, 0.15) is 40.2 Å². The summed E-state index contributed by atoms with van der Waals surface area (Å²) in [5, 5.41) is 0.431. The van der Waals surface area contributed by atoms with Gasteiger partial charge in [-0.3, -0.25) is 14.4 Å². The molecule has 0 spiro atoms.